The van der Waals surface area contributed by atoms with E-state index in [1.807, 2.05) is 30.7 Å². The van der Waals surface area contributed by atoms with Crippen LogP contribution in [-0.4, -0.2) is 16.0 Å². The van der Waals surface area contributed by atoms with E-state index < -0.39 is 0 Å². The van der Waals surface area contributed by atoms with Gasteiger partial charge in [0.2, 0.25) is 17.6 Å². The molecule has 2 heterocycles. The summed E-state index contributed by atoms with van der Waals surface area (Å²) in [5, 5.41) is 10.8. The van der Waals surface area contributed by atoms with Crippen molar-refractivity contribution in [1.29, 1.82) is 0 Å². The van der Waals surface area contributed by atoms with Gasteiger partial charge < -0.3 is 9.84 Å². The summed E-state index contributed by atoms with van der Waals surface area (Å²) in [5.74, 6) is 0.749. The number of halogens is 1. The summed E-state index contributed by atoms with van der Waals surface area (Å²) in [6.45, 7) is 4.03. The van der Waals surface area contributed by atoms with E-state index in [2.05, 4.69) is 15.5 Å². The minimum atomic E-state index is -0.291. The molecule has 1 unspecified atom stereocenters. The highest BCUT2D eigenvalue weighted by atomic mass is 32.1. The predicted molar refractivity (Wildman–Crippen MR) is 98.1 cm³/mol. The number of nitrogens with one attached hydrogen (secondary N) is 1. The van der Waals surface area contributed by atoms with E-state index in [4.69, 9.17) is 4.52 Å². The number of aryl methyl sites for hydroxylation is 1. The molecule has 3 aromatic rings. The molecule has 0 saturated carbocycles. The highest BCUT2D eigenvalue weighted by molar-refractivity contribution is 7.08. The number of nitrogens with zero attached hydrogens (tertiary/aromatic N) is 2. The minimum Gasteiger partial charge on any atom is -0.349 e. The maximum atomic E-state index is 13.1. The smallest absolute Gasteiger partial charge is 0.227 e. The Morgan fingerprint density at radius 1 is 1.27 bits per heavy atom. The van der Waals surface area contributed by atoms with Crippen LogP contribution in [0.15, 0.2) is 45.6 Å². The largest absolute Gasteiger partial charge is 0.349 e. The molecule has 0 radical (unpaired) electrons. The van der Waals surface area contributed by atoms with E-state index in [1.165, 1.54) is 12.1 Å². The molecule has 3 rings (SSSR count). The molecule has 7 heteroatoms. The number of thiophene rings is 1. The van der Waals surface area contributed by atoms with Crippen LogP contribution in [0.25, 0.3) is 11.4 Å². The summed E-state index contributed by atoms with van der Waals surface area (Å²) >= 11 is 1.56. The van der Waals surface area contributed by atoms with Gasteiger partial charge in [-0.05, 0) is 35.1 Å². The number of hydrogen-bond donors (Lipinski definition) is 1. The molecule has 0 aliphatic carbocycles. The number of carbonyl (C=O) groups is 1. The number of amides is 1. The van der Waals surface area contributed by atoms with Crippen LogP contribution in [0, 0.1) is 11.7 Å². The monoisotopic (exact) mass is 373 g/mol. The Bertz CT molecular complexity index is 844. The number of carbonyl (C=O) groups excluding carboxylic acids is 1. The molecule has 26 heavy (non-hydrogen) atoms. The summed E-state index contributed by atoms with van der Waals surface area (Å²) in [7, 11) is 0. The molecule has 0 aliphatic rings. The average Bonchev–Trinajstić information content (AvgIpc) is 3.30. The van der Waals surface area contributed by atoms with Gasteiger partial charge in [0.25, 0.3) is 0 Å². The Labute approximate surface area is 155 Å². The molecule has 0 aliphatic heterocycles. The Hall–Kier alpha value is -2.54. The van der Waals surface area contributed by atoms with Gasteiger partial charge in [-0.3, -0.25) is 4.79 Å². The topological polar surface area (TPSA) is 68.0 Å². The van der Waals surface area contributed by atoms with Crippen LogP contribution >= 0.6 is 11.3 Å². The van der Waals surface area contributed by atoms with Gasteiger partial charge in [-0.25, -0.2) is 4.39 Å². The maximum Gasteiger partial charge on any atom is 0.227 e. The van der Waals surface area contributed by atoms with Crippen molar-refractivity contribution in [1.82, 2.24) is 15.5 Å². The Balaban J connectivity index is 1.58. The molecular weight excluding hydrogens is 353 g/mol. The first kappa shape index (κ1) is 18.3. The van der Waals surface area contributed by atoms with Crippen LogP contribution in [0.1, 0.15) is 37.8 Å². The lowest BCUT2D eigenvalue weighted by atomic mass is 9.96. The zero-order chi connectivity index (χ0) is 18.5. The first-order valence-corrected chi connectivity index (χ1v) is 9.37. The molecule has 0 saturated heterocycles. The van der Waals surface area contributed by atoms with Gasteiger partial charge in [0.1, 0.15) is 5.82 Å². The summed E-state index contributed by atoms with van der Waals surface area (Å²) in [4.78, 5) is 16.6. The van der Waals surface area contributed by atoms with E-state index in [1.54, 1.807) is 23.5 Å². The van der Waals surface area contributed by atoms with Crippen LogP contribution < -0.4 is 5.32 Å². The molecule has 136 valence electrons. The zero-order valence-corrected chi connectivity index (χ0v) is 15.4. The van der Waals surface area contributed by atoms with Gasteiger partial charge in [0.05, 0.1) is 6.04 Å². The molecule has 1 N–H and O–H groups in total. The third kappa shape index (κ3) is 4.54. The van der Waals surface area contributed by atoms with Gasteiger partial charge in [-0.1, -0.05) is 31.1 Å². The van der Waals surface area contributed by atoms with E-state index in [0.29, 0.717) is 18.1 Å². The molecule has 0 spiro atoms. The van der Waals surface area contributed by atoms with Crippen molar-refractivity contribution in [3.63, 3.8) is 0 Å². The van der Waals surface area contributed by atoms with E-state index in [-0.39, 0.29) is 30.1 Å². The first-order valence-electron chi connectivity index (χ1n) is 8.43. The molecule has 2 aromatic heterocycles. The quantitative estimate of drug-likeness (QED) is 0.667. The molecule has 5 nitrogen and oxygen atoms in total. The predicted octanol–water partition coefficient (Wildman–Crippen LogP) is 4.38. The lowest BCUT2D eigenvalue weighted by molar-refractivity contribution is -0.122. The maximum absolute atomic E-state index is 13.1. The lowest BCUT2D eigenvalue weighted by Gasteiger charge is -2.23. The third-order valence-electron chi connectivity index (χ3n) is 4.03. The Kier molecular flexibility index (Phi) is 5.78. The van der Waals surface area contributed by atoms with Crippen molar-refractivity contribution in [2.24, 2.45) is 5.92 Å². The molecular formula is C19H20FN3O2S. The average molecular weight is 373 g/mol. The van der Waals surface area contributed by atoms with Crippen molar-refractivity contribution in [3.8, 4) is 11.4 Å². The van der Waals surface area contributed by atoms with Gasteiger partial charge in [-0.15, -0.1) is 0 Å². The van der Waals surface area contributed by atoms with E-state index in [9.17, 15) is 9.18 Å². The fraction of sp³-hybridized carbons (Fsp3) is 0.316. The van der Waals surface area contributed by atoms with Crippen LogP contribution in [0.4, 0.5) is 4.39 Å². The second-order valence-electron chi connectivity index (χ2n) is 6.36. The van der Waals surface area contributed by atoms with Gasteiger partial charge in [-0.2, -0.15) is 16.3 Å². The normalized spacial score (nSPS) is 12.3. The molecule has 1 atom stereocenters. The highest BCUT2D eigenvalue weighted by Gasteiger charge is 2.19. The zero-order valence-electron chi connectivity index (χ0n) is 14.6. The van der Waals surface area contributed by atoms with Crippen molar-refractivity contribution in [3.05, 3.63) is 58.4 Å². The minimum absolute atomic E-state index is 0.108. The van der Waals surface area contributed by atoms with Gasteiger partial charge >= 0.3 is 0 Å². The van der Waals surface area contributed by atoms with E-state index in [0.717, 1.165) is 11.1 Å². The lowest BCUT2D eigenvalue weighted by Crippen LogP contribution is -2.31. The standard InChI is InChI=1S/C19H20FN3O2S/c1-12(2)18(13-3-5-15(20)6-4-13)21-16(24)7-8-17-22-19(23-25-17)14-9-10-26-11-14/h3-6,9-12,18H,7-8H2,1-2H3,(H,21,24). The molecule has 1 amide bonds. The molecule has 0 fully saturated rings. The first-order chi connectivity index (χ1) is 12.5. The number of rotatable bonds is 7. The van der Waals surface area contributed by atoms with Gasteiger partial charge in [0.15, 0.2) is 0 Å². The number of hydrogen-bond acceptors (Lipinski definition) is 5. The van der Waals surface area contributed by atoms with Crippen molar-refractivity contribution >= 4 is 17.2 Å². The summed E-state index contributed by atoms with van der Waals surface area (Å²) in [6, 6.07) is 7.95. The van der Waals surface area contributed by atoms with Crippen LogP contribution in [-0.2, 0) is 11.2 Å². The molecule has 0 bridgehead atoms. The van der Waals surface area contributed by atoms with Crippen molar-refractivity contribution in [2.75, 3.05) is 0 Å². The SMILES string of the molecule is CC(C)C(NC(=O)CCc1nc(-c2ccsc2)no1)c1ccc(F)cc1. The van der Waals surface area contributed by atoms with E-state index >= 15 is 0 Å². The van der Waals surface area contributed by atoms with Gasteiger partial charge in [0, 0.05) is 23.8 Å². The van der Waals surface area contributed by atoms with Crippen LogP contribution in [0.5, 0.6) is 0 Å². The number of aromatic nitrogens is 2. The highest BCUT2D eigenvalue weighted by Crippen LogP contribution is 2.22. The Morgan fingerprint density at radius 2 is 2.04 bits per heavy atom. The van der Waals surface area contributed by atoms with Crippen LogP contribution in [0.2, 0.25) is 0 Å². The number of benzene rings is 1. The molecule has 1 aromatic carbocycles. The summed E-state index contributed by atoms with van der Waals surface area (Å²) in [5.41, 5.74) is 1.79. The second kappa shape index (κ2) is 8.23. The van der Waals surface area contributed by atoms with Crippen LogP contribution in [0.3, 0.4) is 0 Å². The van der Waals surface area contributed by atoms with Crippen molar-refractivity contribution in [2.45, 2.75) is 32.7 Å². The van der Waals surface area contributed by atoms with Crippen molar-refractivity contribution < 1.29 is 13.7 Å². The fourth-order valence-electron chi connectivity index (χ4n) is 2.64. The fourth-order valence-corrected chi connectivity index (χ4v) is 3.27. The summed E-state index contributed by atoms with van der Waals surface area (Å²) < 4.78 is 18.3. The third-order valence-corrected chi connectivity index (χ3v) is 4.71. The second-order valence-corrected chi connectivity index (χ2v) is 7.14. The Morgan fingerprint density at radius 3 is 2.69 bits per heavy atom. The summed E-state index contributed by atoms with van der Waals surface area (Å²) in [6.07, 6.45) is 0.618.